The largest absolute Gasteiger partial charge is 0.396 e. The molecule has 4 nitrogen and oxygen atoms in total. The molecule has 94 valence electrons. The Morgan fingerprint density at radius 1 is 1.50 bits per heavy atom. The van der Waals surface area contributed by atoms with Gasteiger partial charge in [-0.1, -0.05) is 6.92 Å². The van der Waals surface area contributed by atoms with Crippen LogP contribution < -0.4 is 5.32 Å². The molecule has 16 heavy (non-hydrogen) atoms. The highest BCUT2D eigenvalue weighted by molar-refractivity contribution is 5.82. The third-order valence-corrected chi connectivity index (χ3v) is 3.01. The molecule has 0 spiro atoms. The third kappa shape index (κ3) is 4.10. The summed E-state index contributed by atoms with van der Waals surface area (Å²) in [5.41, 5.74) is 0. The van der Waals surface area contributed by atoms with Gasteiger partial charge in [-0.2, -0.15) is 0 Å². The summed E-state index contributed by atoms with van der Waals surface area (Å²) < 4.78 is 0. The number of aliphatic hydroxyl groups excluding tert-OH is 1. The molecule has 1 heterocycles. The predicted molar refractivity (Wildman–Crippen MR) is 64.2 cm³/mol. The molecule has 4 heteroatoms. The van der Waals surface area contributed by atoms with E-state index in [-0.39, 0.29) is 18.6 Å². The first-order chi connectivity index (χ1) is 7.79. The number of hydrogen-bond acceptors (Lipinski definition) is 3. The van der Waals surface area contributed by atoms with Crippen molar-refractivity contribution in [3.63, 3.8) is 0 Å². The number of nitrogens with one attached hydrogen (secondary N) is 1. The number of hydrogen-bond donors (Lipinski definition) is 2. The van der Waals surface area contributed by atoms with Crippen molar-refractivity contribution in [2.75, 3.05) is 26.2 Å². The van der Waals surface area contributed by atoms with Crippen molar-refractivity contribution < 1.29 is 9.90 Å². The third-order valence-electron chi connectivity index (χ3n) is 3.01. The zero-order chi connectivity index (χ0) is 11.8. The molecule has 1 saturated heterocycles. The fourth-order valence-corrected chi connectivity index (χ4v) is 2.08. The Hall–Kier alpha value is -0.610. The summed E-state index contributed by atoms with van der Waals surface area (Å²) in [4.78, 5) is 14.0. The lowest BCUT2D eigenvalue weighted by Gasteiger charge is -2.32. The van der Waals surface area contributed by atoms with Crippen LogP contribution in [0.15, 0.2) is 0 Å². The first-order valence-corrected chi connectivity index (χ1v) is 6.42. The molecule has 1 fully saturated rings. The van der Waals surface area contributed by atoms with Crippen LogP contribution in [0.5, 0.6) is 0 Å². The maximum Gasteiger partial charge on any atom is 0.239 e. The van der Waals surface area contributed by atoms with Crippen molar-refractivity contribution >= 4 is 5.91 Å². The first-order valence-electron chi connectivity index (χ1n) is 6.42. The smallest absolute Gasteiger partial charge is 0.239 e. The fourth-order valence-electron chi connectivity index (χ4n) is 2.08. The number of carbonyl (C=O) groups excluding carboxylic acids is 1. The van der Waals surface area contributed by atoms with Crippen LogP contribution in [0.25, 0.3) is 0 Å². The van der Waals surface area contributed by atoms with Crippen molar-refractivity contribution in [2.45, 2.75) is 45.1 Å². The minimum Gasteiger partial charge on any atom is -0.396 e. The Kier molecular flexibility index (Phi) is 6.42. The van der Waals surface area contributed by atoms with Gasteiger partial charge >= 0.3 is 0 Å². The minimum absolute atomic E-state index is 0.0304. The van der Waals surface area contributed by atoms with E-state index in [0.29, 0.717) is 0 Å². The van der Waals surface area contributed by atoms with Crippen molar-refractivity contribution in [1.82, 2.24) is 10.2 Å². The van der Waals surface area contributed by atoms with Gasteiger partial charge in [-0.25, -0.2) is 0 Å². The summed E-state index contributed by atoms with van der Waals surface area (Å²) in [6.45, 7) is 4.93. The Morgan fingerprint density at radius 2 is 2.31 bits per heavy atom. The zero-order valence-corrected chi connectivity index (χ0v) is 10.2. The molecule has 0 aromatic heterocycles. The van der Waals surface area contributed by atoms with Gasteiger partial charge in [-0.05, 0) is 38.6 Å². The minimum atomic E-state index is 0.0304. The Morgan fingerprint density at radius 3 is 3.00 bits per heavy atom. The molecule has 2 N–H and O–H groups in total. The molecule has 1 aliphatic heterocycles. The summed E-state index contributed by atoms with van der Waals surface area (Å²) in [5, 5.41) is 12.0. The fraction of sp³-hybridized carbons (Fsp3) is 0.917. The second-order valence-electron chi connectivity index (χ2n) is 4.40. The van der Waals surface area contributed by atoms with E-state index in [0.717, 1.165) is 51.7 Å². The van der Waals surface area contributed by atoms with Crippen LogP contribution >= 0.6 is 0 Å². The molecule has 0 radical (unpaired) electrons. The lowest BCUT2D eigenvalue weighted by Crippen LogP contribution is -2.51. The maximum atomic E-state index is 12.0. The normalized spacial score (nSPS) is 21.5. The topological polar surface area (TPSA) is 52.6 Å². The standard InChI is InChI=1S/C12H24N2O2/c1-2-7-13-11-6-5-9-14(12(11)16)8-3-4-10-15/h11,13,15H,2-10H2,1H3. The van der Waals surface area contributed by atoms with Gasteiger partial charge < -0.3 is 15.3 Å². The number of rotatable bonds is 7. The summed E-state index contributed by atoms with van der Waals surface area (Å²) in [5.74, 6) is 0.248. The van der Waals surface area contributed by atoms with E-state index in [9.17, 15) is 4.79 Å². The van der Waals surface area contributed by atoms with E-state index in [1.54, 1.807) is 0 Å². The summed E-state index contributed by atoms with van der Waals surface area (Å²) in [6, 6.07) is 0.0304. The van der Waals surface area contributed by atoms with Crippen molar-refractivity contribution in [3.8, 4) is 0 Å². The van der Waals surface area contributed by atoms with Crippen molar-refractivity contribution in [1.29, 1.82) is 0 Å². The Labute approximate surface area is 98.0 Å². The van der Waals surface area contributed by atoms with Crippen LogP contribution in [0.3, 0.4) is 0 Å². The average molecular weight is 228 g/mol. The summed E-state index contributed by atoms with van der Waals surface area (Å²) >= 11 is 0. The lowest BCUT2D eigenvalue weighted by molar-refractivity contribution is -0.136. The maximum absolute atomic E-state index is 12.0. The SMILES string of the molecule is CCCNC1CCCN(CCCCO)C1=O. The second kappa shape index (κ2) is 7.63. The van der Waals surface area contributed by atoms with Crippen molar-refractivity contribution in [3.05, 3.63) is 0 Å². The van der Waals surface area contributed by atoms with Crippen LogP contribution in [-0.4, -0.2) is 48.2 Å². The van der Waals surface area contributed by atoms with Gasteiger partial charge in [0.2, 0.25) is 5.91 Å². The molecule has 1 amide bonds. The molecule has 0 bridgehead atoms. The van der Waals surface area contributed by atoms with Crippen LogP contribution in [0.2, 0.25) is 0 Å². The van der Waals surface area contributed by atoms with E-state index in [2.05, 4.69) is 12.2 Å². The first kappa shape index (κ1) is 13.5. The number of likely N-dealkylation sites (tertiary alicyclic amines) is 1. The molecule has 1 unspecified atom stereocenters. The van der Waals surface area contributed by atoms with Gasteiger partial charge in [0, 0.05) is 19.7 Å². The molecule has 0 aromatic rings. The van der Waals surface area contributed by atoms with E-state index >= 15 is 0 Å². The number of nitrogens with zero attached hydrogens (tertiary/aromatic N) is 1. The van der Waals surface area contributed by atoms with Crippen LogP contribution in [0, 0.1) is 0 Å². The summed E-state index contributed by atoms with van der Waals surface area (Å²) in [6.07, 6.45) is 4.81. The zero-order valence-electron chi connectivity index (χ0n) is 10.2. The molecular weight excluding hydrogens is 204 g/mol. The molecular formula is C12H24N2O2. The predicted octanol–water partition coefficient (Wildman–Crippen LogP) is 0.749. The number of unbranched alkanes of at least 4 members (excludes halogenated alkanes) is 1. The molecule has 1 atom stereocenters. The number of carbonyl (C=O) groups is 1. The van der Waals surface area contributed by atoms with Crippen LogP contribution in [-0.2, 0) is 4.79 Å². The second-order valence-corrected chi connectivity index (χ2v) is 4.40. The lowest BCUT2D eigenvalue weighted by atomic mass is 10.0. The van der Waals surface area contributed by atoms with Gasteiger partial charge in [0.25, 0.3) is 0 Å². The molecule has 1 rings (SSSR count). The Balaban J connectivity index is 2.32. The van der Waals surface area contributed by atoms with Crippen molar-refractivity contribution in [2.24, 2.45) is 0 Å². The Bertz CT molecular complexity index is 209. The van der Waals surface area contributed by atoms with Gasteiger partial charge in [0.05, 0.1) is 6.04 Å². The average Bonchev–Trinajstić information content (AvgIpc) is 2.30. The monoisotopic (exact) mass is 228 g/mol. The van der Waals surface area contributed by atoms with Gasteiger partial charge in [-0.15, -0.1) is 0 Å². The van der Waals surface area contributed by atoms with Crippen LogP contribution in [0.4, 0.5) is 0 Å². The number of piperidine rings is 1. The summed E-state index contributed by atoms with van der Waals surface area (Å²) in [7, 11) is 0. The van der Waals surface area contributed by atoms with E-state index in [4.69, 9.17) is 5.11 Å². The van der Waals surface area contributed by atoms with E-state index in [1.807, 2.05) is 4.90 Å². The highest BCUT2D eigenvalue weighted by atomic mass is 16.3. The van der Waals surface area contributed by atoms with Gasteiger partial charge in [-0.3, -0.25) is 4.79 Å². The van der Waals surface area contributed by atoms with E-state index < -0.39 is 0 Å². The van der Waals surface area contributed by atoms with Gasteiger partial charge in [0.15, 0.2) is 0 Å². The molecule has 0 aliphatic carbocycles. The number of amides is 1. The van der Waals surface area contributed by atoms with Crippen LogP contribution in [0.1, 0.15) is 39.0 Å². The molecule has 0 aromatic carbocycles. The quantitative estimate of drug-likeness (QED) is 0.632. The van der Waals surface area contributed by atoms with Gasteiger partial charge in [0.1, 0.15) is 0 Å². The molecule has 0 saturated carbocycles. The number of aliphatic hydroxyl groups is 1. The molecule has 1 aliphatic rings. The highest BCUT2D eigenvalue weighted by Gasteiger charge is 2.27. The highest BCUT2D eigenvalue weighted by Crippen LogP contribution is 2.12. The van der Waals surface area contributed by atoms with E-state index in [1.165, 1.54) is 0 Å².